The molecule has 2 aromatic carbocycles. The zero-order valence-electron chi connectivity index (χ0n) is 17.4. The van der Waals surface area contributed by atoms with E-state index in [2.05, 4.69) is 66.9 Å². The maximum absolute atomic E-state index is 4.83. The number of hydrogen-bond acceptors (Lipinski definition) is 2. The van der Waals surface area contributed by atoms with Crippen LogP contribution in [0.15, 0.2) is 48.5 Å². The van der Waals surface area contributed by atoms with Gasteiger partial charge in [0.05, 0.1) is 0 Å². The molecule has 0 spiro atoms. The van der Waals surface area contributed by atoms with Gasteiger partial charge in [-0.25, -0.2) is 0 Å². The van der Waals surface area contributed by atoms with E-state index in [0.29, 0.717) is 6.04 Å². The summed E-state index contributed by atoms with van der Waals surface area (Å²) in [5, 5.41) is 9.62. The molecule has 0 unspecified atom stereocenters. The number of nitrogens with zero attached hydrogens (tertiary/aromatic N) is 3. The summed E-state index contributed by atoms with van der Waals surface area (Å²) in [7, 11) is 0. The smallest absolute Gasteiger partial charge is 0.165 e. The van der Waals surface area contributed by atoms with Crippen LogP contribution in [0, 0.1) is 37.5 Å². The lowest BCUT2D eigenvalue weighted by molar-refractivity contribution is -0.0280. The van der Waals surface area contributed by atoms with Crippen LogP contribution in [0.2, 0.25) is 0 Å². The predicted octanol–water partition coefficient (Wildman–Crippen LogP) is 6.23. The molecule has 7 rings (SSSR count). The second-order valence-corrected chi connectivity index (χ2v) is 9.77. The van der Waals surface area contributed by atoms with Crippen molar-refractivity contribution in [2.24, 2.45) is 23.7 Å². The standard InChI is InChI=1S/C26H29N3/c1-16-7-6-8-17(2)23(16)26-28-27-25(20-9-4-3-5-10-20)29(26)24-21-12-18-11-19(14-21)15-22(24)13-18/h3-10,18-19,21-22,24H,11-15H2,1-2H3. The van der Waals surface area contributed by atoms with Crippen LogP contribution >= 0.6 is 0 Å². The predicted molar refractivity (Wildman–Crippen MR) is 116 cm³/mol. The van der Waals surface area contributed by atoms with Crippen LogP contribution < -0.4 is 0 Å². The molecule has 3 heteroatoms. The van der Waals surface area contributed by atoms with Crippen molar-refractivity contribution < 1.29 is 0 Å². The van der Waals surface area contributed by atoms with Gasteiger partial charge < -0.3 is 4.57 Å². The fraction of sp³-hybridized carbons (Fsp3) is 0.462. The fourth-order valence-electron chi connectivity index (χ4n) is 7.01. The van der Waals surface area contributed by atoms with E-state index in [1.54, 1.807) is 0 Å². The Balaban J connectivity index is 1.57. The molecule has 4 saturated carbocycles. The first-order valence-corrected chi connectivity index (χ1v) is 11.3. The monoisotopic (exact) mass is 383 g/mol. The largest absolute Gasteiger partial charge is 0.303 e. The van der Waals surface area contributed by atoms with Crippen molar-refractivity contribution >= 4 is 0 Å². The van der Waals surface area contributed by atoms with Crippen molar-refractivity contribution in [3.8, 4) is 22.8 Å². The summed E-state index contributed by atoms with van der Waals surface area (Å²) < 4.78 is 2.57. The Morgan fingerprint density at radius 1 is 0.690 bits per heavy atom. The molecular weight excluding hydrogens is 354 g/mol. The molecule has 0 atom stereocenters. The molecule has 4 aliphatic carbocycles. The van der Waals surface area contributed by atoms with Crippen LogP contribution in [0.1, 0.15) is 49.3 Å². The van der Waals surface area contributed by atoms with Gasteiger partial charge in [0.15, 0.2) is 11.6 Å². The number of aryl methyl sites for hydroxylation is 2. The second-order valence-electron chi connectivity index (χ2n) is 9.77. The Morgan fingerprint density at radius 2 is 1.28 bits per heavy atom. The summed E-state index contributed by atoms with van der Waals surface area (Å²) in [4.78, 5) is 0. The van der Waals surface area contributed by atoms with Gasteiger partial charge in [-0.3, -0.25) is 0 Å². The second kappa shape index (κ2) is 6.55. The van der Waals surface area contributed by atoms with Crippen LogP contribution in [0.5, 0.6) is 0 Å². The Labute approximate surface area is 173 Å². The van der Waals surface area contributed by atoms with Gasteiger partial charge in [0.2, 0.25) is 0 Å². The average molecular weight is 384 g/mol. The van der Waals surface area contributed by atoms with Crippen LogP contribution in [0.25, 0.3) is 22.8 Å². The average Bonchev–Trinajstić information content (AvgIpc) is 3.12. The van der Waals surface area contributed by atoms with Gasteiger partial charge in [0.1, 0.15) is 0 Å². The molecule has 3 aromatic rings. The number of rotatable bonds is 3. The van der Waals surface area contributed by atoms with E-state index in [1.165, 1.54) is 54.4 Å². The van der Waals surface area contributed by atoms with E-state index >= 15 is 0 Å². The summed E-state index contributed by atoms with van der Waals surface area (Å²) in [6.45, 7) is 4.42. The normalized spacial score (nSPS) is 30.1. The van der Waals surface area contributed by atoms with E-state index in [-0.39, 0.29) is 0 Å². The highest BCUT2D eigenvalue weighted by molar-refractivity contribution is 5.68. The third-order valence-corrected chi connectivity index (χ3v) is 7.91. The van der Waals surface area contributed by atoms with E-state index in [1.807, 2.05) is 0 Å². The van der Waals surface area contributed by atoms with Gasteiger partial charge in [0.25, 0.3) is 0 Å². The van der Waals surface area contributed by atoms with Crippen molar-refractivity contribution in [3.05, 3.63) is 59.7 Å². The van der Waals surface area contributed by atoms with Gasteiger partial charge >= 0.3 is 0 Å². The molecule has 3 nitrogen and oxygen atoms in total. The van der Waals surface area contributed by atoms with Crippen LogP contribution in [-0.4, -0.2) is 14.8 Å². The molecule has 0 amide bonds. The molecule has 148 valence electrons. The number of hydrogen-bond donors (Lipinski definition) is 0. The van der Waals surface area contributed by atoms with Gasteiger partial charge in [-0.15, -0.1) is 10.2 Å². The zero-order chi connectivity index (χ0) is 19.5. The van der Waals surface area contributed by atoms with E-state index in [0.717, 1.165) is 35.3 Å². The molecule has 4 bridgehead atoms. The van der Waals surface area contributed by atoms with Crippen LogP contribution in [-0.2, 0) is 0 Å². The van der Waals surface area contributed by atoms with Crippen molar-refractivity contribution in [2.45, 2.75) is 52.0 Å². The molecule has 1 heterocycles. The van der Waals surface area contributed by atoms with Gasteiger partial charge in [-0.05, 0) is 80.8 Å². The summed E-state index contributed by atoms with van der Waals surface area (Å²) >= 11 is 0. The first-order valence-electron chi connectivity index (χ1n) is 11.3. The molecule has 0 aliphatic heterocycles. The highest BCUT2D eigenvalue weighted by atomic mass is 15.3. The molecule has 4 fully saturated rings. The SMILES string of the molecule is Cc1cccc(C)c1-c1nnc(-c2ccccc2)n1C1C2CC3CC(C2)CC1C3. The Hall–Kier alpha value is -2.42. The van der Waals surface area contributed by atoms with Crippen molar-refractivity contribution in [3.63, 3.8) is 0 Å². The lowest BCUT2D eigenvalue weighted by Crippen LogP contribution is -2.46. The molecule has 1 aromatic heterocycles. The maximum atomic E-state index is 4.83. The summed E-state index contributed by atoms with van der Waals surface area (Å²) in [6.07, 6.45) is 7.08. The van der Waals surface area contributed by atoms with Crippen molar-refractivity contribution in [2.75, 3.05) is 0 Å². The van der Waals surface area contributed by atoms with Crippen molar-refractivity contribution in [1.82, 2.24) is 14.8 Å². The lowest BCUT2D eigenvalue weighted by Gasteiger charge is -2.55. The molecule has 0 saturated heterocycles. The van der Waals surface area contributed by atoms with Crippen LogP contribution in [0.4, 0.5) is 0 Å². The van der Waals surface area contributed by atoms with E-state index in [9.17, 15) is 0 Å². The van der Waals surface area contributed by atoms with Gasteiger partial charge in [-0.2, -0.15) is 0 Å². The van der Waals surface area contributed by atoms with E-state index < -0.39 is 0 Å². The first-order chi connectivity index (χ1) is 14.2. The summed E-state index contributed by atoms with van der Waals surface area (Å²) in [5.74, 6) is 5.64. The minimum atomic E-state index is 0.544. The highest BCUT2D eigenvalue weighted by Gasteiger charge is 2.50. The topological polar surface area (TPSA) is 30.7 Å². The summed E-state index contributed by atoms with van der Waals surface area (Å²) in [5.41, 5.74) is 5.05. The van der Waals surface area contributed by atoms with E-state index in [4.69, 9.17) is 10.2 Å². The first kappa shape index (κ1) is 17.4. The van der Waals surface area contributed by atoms with Crippen LogP contribution in [0.3, 0.4) is 0 Å². The minimum Gasteiger partial charge on any atom is -0.303 e. The lowest BCUT2D eigenvalue weighted by atomic mass is 9.54. The Kier molecular flexibility index (Phi) is 3.94. The van der Waals surface area contributed by atoms with Gasteiger partial charge in [-0.1, -0.05) is 48.5 Å². The molecule has 0 radical (unpaired) electrons. The Morgan fingerprint density at radius 3 is 1.90 bits per heavy atom. The fourth-order valence-corrected chi connectivity index (χ4v) is 7.01. The quantitative estimate of drug-likeness (QED) is 0.537. The third-order valence-electron chi connectivity index (χ3n) is 7.91. The number of aromatic nitrogens is 3. The highest BCUT2D eigenvalue weighted by Crippen LogP contribution is 2.59. The number of benzene rings is 2. The maximum Gasteiger partial charge on any atom is 0.165 e. The third kappa shape index (κ3) is 2.70. The molecule has 29 heavy (non-hydrogen) atoms. The zero-order valence-corrected chi connectivity index (χ0v) is 17.4. The van der Waals surface area contributed by atoms with Crippen molar-refractivity contribution in [1.29, 1.82) is 0 Å². The molecule has 4 aliphatic rings. The van der Waals surface area contributed by atoms with Gasteiger partial charge in [0, 0.05) is 17.2 Å². The molecular formula is C26H29N3. The molecule has 0 N–H and O–H groups in total. The Bertz CT molecular complexity index is 1000. The summed E-state index contributed by atoms with van der Waals surface area (Å²) in [6, 6.07) is 17.8. The minimum absolute atomic E-state index is 0.544.